The zero-order valence-corrected chi connectivity index (χ0v) is 14.8. The first-order valence-corrected chi connectivity index (χ1v) is 8.53. The second kappa shape index (κ2) is 7.14. The fourth-order valence-electron chi connectivity index (χ4n) is 3.23. The van der Waals surface area contributed by atoms with E-state index in [0.29, 0.717) is 5.02 Å². The molecule has 126 valence electrons. The van der Waals surface area contributed by atoms with Gasteiger partial charge in [-0.1, -0.05) is 35.9 Å². The van der Waals surface area contributed by atoms with Crippen LogP contribution in [0.1, 0.15) is 24.4 Å². The minimum Gasteiger partial charge on any atom is -0.376 e. The Labute approximate surface area is 148 Å². The molecule has 5 heteroatoms. The van der Waals surface area contributed by atoms with Crippen molar-refractivity contribution in [1.82, 2.24) is 4.90 Å². The van der Waals surface area contributed by atoms with Gasteiger partial charge in [0.25, 0.3) is 0 Å². The van der Waals surface area contributed by atoms with Crippen LogP contribution in [0, 0.1) is 0 Å². The molecule has 1 saturated heterocycles. The van der Waals surface area contributed by atoms with Crippen LogP contribution in [0.2, 0.25) is 5.02 Å². The lowest BCUT2D eigenvalue weighted by Gasteiger charge is -2.26. The molecule has 0 bridgehead atoms. The highest BCUT2D eigenvalue weighted by Crippen LogP contribution is 2.34. The van der Waals surface area contributed by atoms with Crippen molar-refractivity contribution in [3.63, 3.8) is 0 Å². The third-order valence-corrected chi connectivity index (χ3v) is 4.61. The van der Waals surface area contributed by atoms with Gasteiger partial charge in [0.05, 0.1) is 17.4 Å². The predicted octanol–water partition coefficient (Wildman–Crippen LogP) is 4.78. The molecule has 1 N–H and O–H groups in total. The molecule has 24 heavy (non-hydrogen) atoms. The highest BCUT2D eigenvalue weighted by atomic mass is 35.5. The van der Waals surface area contributed by atoms with Crippen molar-refractivity contribution in [2.24, 2.45) is 0 Å². The summed E-state index contributed by atoms with van der Waals surface area (Å²) in [5.74, 6) is 0. The van der Waals surface area contributed by atoms with Gasteiger partial charge in [0, 0.05) is 25.7 Å². The van der Waals surface area contributed by atoms with Gasteiger partial charge in [-0.3, -0.25) is 0 Å². The van der Waals surface area contributed by atoms with Crippen LogP contribution in [0.5, 0.6) is 0 Å². The minimum absolute atomic E-state index is 0.0632. The molecule has 0 aromatic heterocycles. The molecule has 0 saturated carbocycles. The Morgan fingerprint density at radius 1 is 1.21 bits per heavy atom. The second-order valence-electron chi connectivity index (χ2n) is 6.25. The molecule has 1 unspecified atom stereocenters. The van der Waals surface area contributed by atoms with Gasteiger partial charge in [0.1, 0.15) is 0 Å². The Hall–Kier alpha value is -2.20. The summed E-state index contributed by atoms with van der Waals surface area (Å²) >= 11 is 6.11. The van der Waals surface area contributed by atoms with Crippen LogP contribution in [0.25, 0.3) is 0 Å². The quantitative estimate of drug-likeness (QED) is 0.870. The molecular weight excluding hydrogens is 322 g/mol. The molecule has 1 aliphatic rings. The van der Waals surface area contributed by atoms with Crippen molar-refractivity contribution in [2.75, 3.05) is 30.9 Å². The maximum absolute atomic E-state index is 12.8. The highest BCUT2D eigenvalue weighted by Gasteiger charge is 2.30. The summed E-state index contributed by atoms with van der Waals surface area (Å²) < 4.78 is 0. The van der Waals surface area contributed by atoms with E-state index in [1.54, 1.807) is 0 Å². The summed E-state index contributed by atoms with van der Waals surface area (Å²) in [5.41, 5.74) is 2.91. The predicted molar refractivity (Wildman–Crippen MR) is 99.9 cm³/mol. The maximum Gasteiger partial charge on any atom is 0.322 e. The Morgan fingerprint density at radius 2 is 2.00 bits per heavy atom. The monoisotopic (exact) mass is 343 g/mol. The van der Waals surface area contributed by atoms with Crippen molar-refractivity contribution in [3.05, 3.63) is 59.1 Å². The van der Waals surface area contributed by atoms with Crippen LogP contribution < -0.4 is 10.2 Å². The average Bonchev–Trinajstić information content (AvgIpc) is 3.05. The van der Waals surface area contributed by atoms with E-state index < -0.39 is 0 Å². The van der Waals surface area contributed by atoms with Gasteiger partial charge in [-0.05, 0) is 42.7 Å². The number of para-hydroxylation sites is 2. The molecule has 0 radical (unpaired) electrons. The second-order valence-corrected chi connectivity index (χ2v) is 6.68. The summed E-state index contributed by atoms with van der Waals surface area (Å²) in [6.45, 7) is 0.757. The first-order chi connectivity index (χ1) is 11.6. The minimum atomic E-state index is -0.0632. The molecule has 1 atom stereocenters. The van der Waals surface area contributed by atoms with E-state index in [1.165, 1.54) is 0 Å². The number of nitrogens with zero attached hydrogens (tertiary/aromatic N) is 2. The molecule has 1 fully saturated rings. The van der Waals surface area contributed by atoms with E-state index in [4.69, 9.17) is 11.6 Å². The number of nitrogens with one attached hydrogen (secondary N) is 1. The Morgan fingerprint density at radius 3 is 2.75 bits per heavy atom. The number of amides is 2. The van der Waals surface area contributed by atoms with Crippen LogP contribution in [-0.2, 0) is 0 Å². The summed E-state index contributed by atoms with van der Waals surface area (Å²) in [6, 6.07) is 15.6. The molecule has 2 aromatic rings. The van der Waals surface area contributed by atoms with E-state index in [0.717, 1.165) is 36.3 Å². The normalized spacial score (nSPS) is 17.0. The fraction of sp³-hybridized carbons (Fsp3) is 0.316. The van der Waals surface area contributed by atoms with Gasteiger partial charge in [0.2, 0.25) is 0 Å². The first kappa shape index (κ1) is 16.7. The van der Waals surface area contributed by atoms with Gasteiger partial charge >= 0.3 is 6.03 Å². The third kappa shape index (κ3) is 3.49. The lowest BCUT2D eigenvalue weighted by molar-refractivity contribution is 0.207. The number of hydrogen-bond donors (Lipinski definition) is 1. The molecule has 1 heterocycles. The largest absolute Gasteiger partial charge is 0.376 e. The van der Waals surface area contributed by atoms with Gasteiger partial charge in [0.15, 0.2) is 0 Å². The molecule has 2 aromatic carbocycles. The summed E-state index contributed by atoms with van der Waals surface area (Å²) in [4.78, 5) is 16.7. The van der Waals surface area contributed by atoms with Crippen molar-refractivity contribution in [2.45, 2.75) is 18.9 Å². The summed E-state index contributed by atoms with van der Waals surface area (Å²) in [5, 5.41) is 3.77. The van der Waals surface area contributed by atoms with E-state index in [9.17, 15) is 4.79 Å². The fourth-order valence-corrected chi connectivity index (χ4v) is 3.43. The van der Waals surface area contributed by atoms with Gasteiger partial charge in [-0.2, -0.15) is 0 Å². The average molecular weight is 344 g/mol. The lowest BCUT2D eigenvalue weighted by atomic mass is 10.1. The van der Waals surface area contributed by atoms with Crippen LogP contribution in [0.4, 0.5) is 16.2 Å². The topological polar surface area (TPSA) is 35.6 Å². The Bertz CT molecular complexity index is 732. The van der Waals surface area contributed by atoms with E-state index in [-0.39, 0.29) is 12.1 Å². The lowest BCUT2D eigenvalue weighted by Crippen LogP contribution is -2.34. The number of halogens is 1. The molecule has 3 rings (SSSR count). The van der Waals surface area contributed by atoms with E-state index in [2.05, 4.69) is 5.32 Å². The number of urea groups is 1. The van der Waals surface area contributed by atoms with Crippen LogP contribution in [0.15, 0.2) is 48.5 Å². The molecule has 0 spiro atoms. The van der Waals surface area contributed by atoms with E-state index >= 15 is 0 Å². The van der Waals surface area contributed by atoms with Crippen molar-refractivity contribution >= 4 is 29.0 Å². The Kier molecular flexibility index (Phi) is 4.95. The molecule has 4 nitrogen and oxygen atoms in total. The van der Waals surface area contributed by atoms with Crippen LogP contribution in [0.3, 0.4) is 0 Å². The number of likely N-dealkylation sites (tertiary alicyclic amines) is 1. The van der Waals surface area contributed by atoms with Crippen LogP contribution >= 0.6 is 11.6 Å². The number of anilines is 2. The Balaban J connectivity index is 1.80. The SMILES string of the molecule is CN(C)c1ccccc1NC(=O)N1CCCC1c1cccc(Cl)c1. The standard InChI is InChI=1S/C19H22ClN3O/c1-22(2)18-10-4-3-9-16(18)21-19(24)23-12-6-11-17(23)14-7-5-8-15(20)13-14/h3-5,7-10,13,17H,6,11-12H2,1-2H3,(H,21,24). The summed E-state index contributed by atoms with van der Waals surface area (Å²) in [7, 11) is 3.94. The molecule has 1 aliphatic heterocycles. The number of hydrogen-bond acceptors (Lipinski definition) is 2. The third-order valence-electron chi connectivity index (χ3n) is 4.37. The maximum atomic E-state index is 12.8. The van der Waals surface area contributed by atoms with Gasteiger partial charge in [-0.15, -0.1) is 0 Å². The van der Waals surface area contributed by atoms with Crippen molar-refractivity contribution < 1.29 is 4.79 Å². The summed E-state index contributed by atoms with van der Waals surface area (Å²) in [6.07, 6.45) is 1.96. The number of carbonyl (C=O) groups is 1. The molecule has 0 aliphatic carbocycles. The van der Waals surface area contributed by atoms with E-state index in [1.807, 2.05) is 72.4 Å². The first-order valence-electron chi connectivity index (χ1n) is 8.15. The smallest absolute Gasteiger partial charge is 0.322 e. The van der Waals surface area contributed by atoms with Crippen LogP contribution in [-0.4, -0.2) is 31.6 Å². The number of carbonyl (C=O) groups excluding carboxylic acids is 1. The van der Waals surface area contributed by atoms with Crippen molar-refractivity contribution in [3.8, 4) is 0 Å². The highest BCUT2D eigenvalue weighted by molar-refractivity contribution is 6.30. The van der Waals surface area contributed by atoms with Gasteiger partial charge in [-0.25, -0.2) is 4.79 Å². The molecular formula is C19H22ClN3O. The van der Waals surface area contributed by atoms with Gasteiger partial charge < -0.3 is 15.1 Å². The zero-order chi connectivity index (χ0) is 17.1. The van der Waals surface area contributed by atoms with Crippen molar-refractivity contribution in [1.29, 1.82) is 0 Å². The molecule has 2 amide bonds. The number of benzene rings is 2. The number of rotatable bonds is 3. The zero-order valence-electron chi connectivity index (χ0n) is 14.0.